The fourth-order valence-corrected chi connectivity index (χ4v) is 3.45. The molecule has 5 heteroatoms. The Labute approximate surface area is 113 Å². The Morgan fingerprint density at radius 3 is 2.47 bits per heavy atom. The smallest absolute Gasteiger partial charge is 0.252 e. The molecule has 19 heavy (non-hydrogen) atoms. The minimum Gasteiger partial charge on any atom is -0.356 e. The van der Waals surface area contributed by atoms with Crippen molar-refractivity contribution in [3.63, 3.8) is 0 Å². The molecule has 2 saturated heterocycles. The minimum absolute atomic E-state index is 0.0644. The van der Waals surface area contributed by atoms with Gasteiger partial charge in [-0.25, -0.2) is 4.98 Å². The molecular weight excluding hydrogens is 240 g/mol. The van der Waals surface area contributed by atoms with Gasteiger partial charge in [0, 0.05) is 19.2 Å². The van der Waals surface area contributed by atoms with Gasteiger partial charge in [0.15, 0.2) is 0 Å². The third-order valence-electron chi connectivity index (χ3n) is 4.58. The number of nitrogens with one attached hydrogen (secondary N) is 2. The van der Waals surface area contributed by atoms with Crippen molar-refractivity contribution in [2.75, 3.05) is 31.1 Å². The van der Waals surface area contributed by atoms with Crippen molar-refractivity contribution >= 4 is 5.82 Å². The number of H-pyrrole nitrogens is 1. The van der Waals surface area contributed by atoms with E-state index in [1.54, 1.807) is 6.07 Å². The van der Waals surface area contributed by atoms with Crippen molar-refractivity contribution in [1.29, 1.82) is 0 Å². The monoisotopic (exact) mass is 262 g/mol. The van der Waals surface area contributed by atoms with Crippen LogP contribution in [0, 0.1) is 11.8 Å². The molecule has 0 aliphatic carbocycles. The molecule has 2 fully saturated rings. The first-order valence-corrected chi connectivity index (χ1v) is 7.33. The average molecular weight is 262 g/mol. The van der Waals surface area contributed by atoms with Gasteiger partial charge in [-0.1, -0.05) is 0 Å². The Morgan fingerprint density at radius 1 is 1.11 bits per heavy atom. The highest BCUT2D eigenvalue weighted by atomic mass is 16.1. The molecule has 0 unspecified atom stereocenters. The summed E-state index contributed by atoms with van der Waals surface area (Å²) in [6.45, 7) is 4.43. The molecule has 3 rings (SSSR count). The summed E-state index contributed by atoms with van der Waals surface area (Å²) in [5, 5.41) is 3.44. The normalized spacial score (nSPS) is 22.6. The lowest BCUT2D eigenvalue weighted by Crippen LogP contribution is -2.40. The molecule has 0 radical (unpaired) electrons. The second-order valence-corrected chi connectivity index (χ2v) is 5.68. The van der Waals surface area contributed by atoms with Crippen molar-refractivity contribution in [2.45, 2.75) is 25.7 Å². The summed E-state index contributed by atoms with van der Waals surface area (Å²) in [6.07, 6.45) is 6.62. The van der Waals surface area contributed by atoms with Gasteiger partial charge < -0.3 is 15.2 Å². The van der Waals surface area contributed by atoms with Crippen LogP contribution in [0.4, 0.5) is 5.82 Å². The summed E-state index contributed by atoms with van der Waals surface area (Å²) in [7, 11) is 0. The van der Waals surface area contributed by atoms with Crippen molar-refractivity contribution in [3.05, 3.63) is 22.7 Å². The van der Waals surface area contributed by atoms with E-state index in [4.69, 9.17) is 0 Å². The van der Waals surface area contributed by atoms with Crippen LogP contribution in [0.15, 0.2) is 17.2 Å². The molecule has 0 amide bonds. The van der Waals surface area contributed by atoms with E-state index in [1.807, 2.05) is 0 Å². The summed E-state index contributed by atoms with van der Waals surface area (Å²) in [5.41, 5.74) is -0.0644. The molecule has 0 saturated carbocycles. The summed E-state index contributed by atoms with van der Waals surface area (Å²) in [5.74, 6) is 2.59. The first-order valence-electron chi connectivity index (χ1n) is 7.33. The van der Waals surface area contributed by atoms with Crippen LogP contribution in [-0.4, -0.2) is 36.1 Å². The Kier molecular flexibility index (Phi) is 3.82. The van der Waals surface area contributed by atoms with E-state index < -0.39 is 0 Å². The average Bonchev–Trinajstić information content (AvgIpc) is 2.48. The Balaban J connectivity index is 1.58. The van der Waals surface area contributed by atoms with Gasteiger partial charge in [0.25, 0.3) is 5.56 Å². The predicted molar refractivity (Wildman–Crippen MR) is 75.4 cm³/mol. The highest BCUT2D eigenvalue weighted by molar-refractivity contribution is 5.36. The fourth-order valence-electron chi connectivity index (χ4n) is 3.45. The van der Waals surface area contributed by atoms with Crippen LogP contribution < -0.4 is 15.8 Å². The first-order chi connectivity index (χ1) is 9.33. The maximum absolute atomic E-state index is 11.3. The van der Waals surface area contributed by atoms with Gasteiger partial charge in [-0.15, -0.1) is 0 Å². The molecule has 3 heterocycles. The molecule has 0 bridgehead atoms. The lowest BCUT2D eigenvalue weighted by atomic mass is 9.79. The summed E-state index contributed by atoms with van der Waals surface area (Å²) in [6, 6.07) is 1.60. The van der Waals surface area contributed by atoms with Crippen molar-refractivity contribution in [3.8, 4) is 0 Å². The van der Waals surface area contributed by atoms with Crippen LogP contribution in [0.2, 0.25) is 0 Å². The van der Waals surface area contributed by atoms with E-state index in [1.165, 1.54) is 45.1 Å². The van der Waals surface area contributed by atoms with Gasteiger partial charge in [-0.2, -0.15) is 0 Å². The van der Waals surface area contributed by atoms with Gasteiger partial charge in [-0.3, -0.25) is 4.79 Å². The molecule has 0 atom stereocenters. The maximum Gasteiger partial charge on any atom is 0.252 e. The number of anilines is 1. The first kappa shape index (κ1) is 12.7. The molecular formula is C14H22N4O. The fraction of sp³-hybridized carbons (Fsp3) is 0.714. The van der Waals surface area contributed by atoms with Gasteiger partial charge >= 0.3 is 0 Å². The van der Waals surface area contributed by atoms with E-state index in [-0.39, 0.29) is 5.56 Å². The van der Waals surface area contributed by atoms with E-state index in [2.05, 4.69) is 20.2 Å². The van der Waals surface area contributed by atoms with Crippen LogP contribution in [0.5, 0.6) is 0 Å². The summed E-state index contributed by atoms with van der Waals surface area (Å²) in [4.78, 5) is 20.4. The quantitative estimate of drug-likeness (QED) is 0.834. The second-order valence-electron chi connectivity index (χ2n) is 5.68. The predicted octanol–water partition coefficient (Wildman–Crippen LogP) is 0.986. The lowest BCUT2D eigenvalue weighted by Gasteiger charge is -2.38. The zero-order chi connectivity index (χ0) is 13.1. The van der Waals surface area contributed by atoms with Crippen LogP contribution in [0.1, 0.15) is 25.7 Å². The molecule has 5 nitrogen and oxygen atoms in total. The van der Waals surface area contributed by atoms with Crippen LogP contribution in [-0.2, 0) is 0 Å². The zero-order valence-electron chi connectivity index (χ0n) is 11.3. The molecule has 2 aliphatic heterocycles. The van der Waals surface area contributed by atoms with E-state index >= 15 is 0 Å². The third-order valence-corrected chi connectivity index (χ3v) is 4.58. The van der Waals surface area contributed by atoms with Crippen molar-refractivity contribution in [2.24, 2.45) is 11.8 Å². The summed E-state index contributed by atoms with van der Waals surface area (Å²) >= 11 is 0. The van der Waals surface area contributed by atoms with Gasteiger partial charge in [0.05, 0.1) is 6.33 Å². The topological polar surface area (TPSA) is 61.0 Å². The van der Waals surface area contributed by atoms with Gasteiger partial charge in [-0.05, 0) is 50.6 Å². The third kappa shape index (κ3) is 2.97. The molecule has 1 aromatic rings. The van der Waals surface area contributed by atoms with E-state index in [9.17, 15) is 4.79 Å². The molecule has 104 valence electrons. The summed E-state index contributed by atoms with van der Waals surface area (Å²) < 4.78 is 0. The van der Waals surface area contributed by atoms with E-state index in [0.717, 1.165) is 30.7 Å². The number of aromatic nitrogens is 2. The molecule has 0 aromatic carbocycles. The molecule has 0 spiro atoms. The Morgan fingerprint density at radius 2 is 1.79 bits per heavy atom. The molecule has 2 aliphatic rings. The van der Waals surface area contributed by atoms with Crippen LogP contribution in [0.25, 0.3) is 0 Å². The number of aromatic amines is 1. The van der Waals surface area contributed by atoms with Crippen LogP contribution >= 0.6 is 0 Å². The highest BCUT2D eigenvalue weighted by Gasteiger charge is 2.27. The maximum atomic E-state index is 11.3. The highest BCUT2D eigenvalue weighted by Crippen LogP contribution is 2.31. The van der Waals surface area contributed by atoms with Crippen molar-refractivity contribution < 1.29 is 0 Å². The number of piperidine rings is 2. The minimum atomic E-state index is -0.0644. The van der Waals surface area contributed by atoms with Crippen molar-refractivity contribution in [1.82, 2.24) is 15.3 Å². The zero-order valence-corrected chi connectivity index (χ0v) is 11.3. The number of rotatable bonds is 2. The molecule has 1 aromatic heterocycles. The SMILES string of the molecule is O=c1cc(N2CCC(C3CCNCC3)CC2)nc[nH]1. The standard InChI is InChI=1S/C14H22N4O/c19-14-9-13(16-10-17-14)18-7-3-12(4-8-18)11-1-5-15-6-2-11/h9-12,15H,1-8H2,(H,16,17,19). The van der Waals surface area contributed by atoms with Gasteiger partial charge in [0.2, 0.25) is 0 Å². The van der Waals surface area contributed by atoms with Crippen LogP contribution in [0.3, 0.4) is 0 Å². The lowest BCUT2D eigenvalue weighted by molar-refractivity contribution is 0.221. The number of hydrogen-bond acceptors (Lipinski definition) is 4. The Bertz CT molecular complexity index is 459. The van der Waals surface area contributed by atoms with E-state index in [0.29, 0.717) is 0 Å². The largest absolute Gasteiger partial charge is 0.356 e. The van der Waals surface area contributed by atoms with Gasteiger partial charge in [0.1, 0.15) is 5.82 Å². The Hall–Kier alpha value is -1.36. The molecule has 2 N–H and O–H groups in total. The number of nitrogens with zero attached hydrogens (tertiary/aromatic N) is 2. The number of hydrogen-bond donors (Lipinski definition) is 2. The second kappa shape index (κ2) is 5.74.